The molecular weight excluding hydrogens is 538 g/mol. The second-order valence-corrected chi connectivity index (χ2v) is 11.2. The normalized spacial score (nSPS) is 11.9. The number of esters is 1. The zero-order chi connectivity index (χ0) is 30.9. The Balaban J connectivity index is 1.52. The molecule has 0 radical (unpaired) electrons. The van der Waals surface area contributed by atoms with Gasteiger partial charge in [0.1, 0.15) is 11.5 Å². The van der Waals surface area contributed by atoms with E-state index in [1.54, 1.807) is 42.5 Å². The van der Waals surface area contributed by atoms with Crippen molar-refractivity contribution < 1.29 is 19.2 Å². The van der Waals surface area contributed by atoms with Crippen molar-refractivity contribution in [3.63, 3.8) is 0 Å². The summed E-state index contributed by atoms with van der Waals surface area (Å²) in [6.07, 6.45) is 17.0. The maximum atomic E-state index is 12.7. The van der Waals surface area contributed by atoms with Crippen molar-refractivity contribution in [2.45, 2.75) is 97.3 Å². The molecule has 0 bridgehead atoms. The minimum Gasteiger partial charge on any atom is -0.493 e. The van der Waals surface area contributed by atoms with Gasteiger partial charge in [0.05, 0.1) is 17.1 Å². The topological polar surface area (TPSA) is 78.7 Å². The van der Waals surface area contributed by atoms with Crippen molar-refractivity contribution in [1.82, 2.24) is 0 Å². The molecule has 1 atom stereocenters. The van der Waals surface area contributed by atoms with Crippen molar-refractivity contribution in [2.75, 3.05) is 6.61 Å². The number of nitro benzene ring substituents is 1. The van der Waals surface area contributed by atoms with E-state index in [1.165, 1.54) is 38.5 Å². The fourth-order valence-electron chi connectivity index (χ4n) is 5.07. The van der Waals surface area contributed by atoms with Crippen LogP contribution in [0.15, 0.2) is 78.9 Å². The van der Waals surface area contributed by atoms with Gasteiger partial charge < -0.3 is 9.47 Å². The Bertz CT molecular complexity index is 1300. The highest BCUT2D eigenvalue weighted by Crippen LogP contribution is 2.34. The molecule has 230 valence electrons. The molecule has 0 saturated heterocycles. The zero-order valence-electron chi connectivity index (χ0n) is 26.1. The second kappa shape index (κ2) is 18.6. The molecule has 6 nitrogen and oxygen atoms in total. The molecule has 0 heterocycles. The predicted molar refractivity (Wildman–Crippen MR) is 175 cm³/mol. The van der Waals surface area contributed by atoms with Gasteiger partial charge in [-0.15, -0.1) is 0 Å². The Morgan fingerprint density at radius 2 is 1.42 bits per heavy atom. The maximum Gasteiger partial charge on any atom is 0.343 e. The molecule has 0 aliphatic heterocycles. The molecule has 0 amide bonds. The zero-order valence-corrected chi connectivity index (χ0v) is 26.1. The van der Waals surface area contributed by atoms with Crippen LogP contribution in [0.25, 0.3) is 11.1 Å². The lowest BCUT2D eigenvalue weighted by atomic mass is 9.91. The summed E-state index contributed by atoms with van der Waals surface area (Å²) in [5.74, 6) is 0.782. The van der Waals surface area contributed by atoms with E-state index in [9.17, 15) is 14.9 Å². The molecule has 0 aliphatic rings. The number of nitro groups is 1. The van der Waals surface area contributed by atoms with E-state index in [4.69, 9.17) is 9.47 Å². The average Bonchev–Trinajstić information content (AvgIpc) is 3.02. The first-order valence-corrected chi connectivity index (χ1v) is 15.9. The van der Waals surface area contributed by atoms with E-state index in [1.807, 2.05) is 24.3 Å². The van der Waals surface area contributed by atoms with Crippen LogP contribution in [0.3, 0.4) is 0 Å². The van der Waals surface area contributed by atoms with Crippen molar-refractivity contribution in [3.8, 4) is 22.6 Å². The van der Waals surface area contributed by atoms with Crippen molar-refractivity contribution in [2.24, 2.45) is 0 Å². The summed E-state index contributed by atoms with van der Waals surface area (Å²) in [7, 11) is 0. The number of carbonyl (C=O) groups is 1. The molecule has 0 spiro atoms. The van der Waals surface area contributed by atoms with E-state index >= 15 is 0 Å². The molecule has 0 saturated carbocycles. The highest BCUT2D eigenvalue weighted by molar-refractivity contribution is 5.91. The first kappa shape index (κ1) is 33.6. The highest BCUT2D eigenvalue weighted by Gasteiger charge is 2.20. The van der Waals surface area contributed by atoms with Crippen molar-refractivity contribution >= 4 is 11.7 Å². The van der Waals surface area contributed by atoms with Crippen LogP contribution < -0.4 is 9.47 Å². The molecule has 0 aliphatic carbocycles. The number of nitrogens with zero attached hydrogens (tertiary/aromatic N) is 1. The average molecular weight is 586 g/mol. The minimum absolute atomic E-state index is 0.126. The summed E-state index contributed by atoms with van der Waals surface area (Å²) < 4.78 is 11.3. The smallest absolute Gasteiger partial charge is 0.343 e. The Morgan fingerprint density at radius 1 is 0.791 bits per heavy atom. The van der Waals surface area contributed by atoms with Crippen molar-refractivity contribution in [1.29, 1.82) is 0 Å². The van der Waals surface area contributed by atoms with E-state index in [2.05, 4.69) is 32.9 Å². The van der Waals surface area contributed by atoms with E-state index in [0.29, 0.717) is 23.7 Å². The Kier molecular flexibility index (Phi) is 14.5. The molecule has 43 heavy (non-hydrogen) atoms. The second-order valence-electron chi connectivity index (χ2n) is 11.2. The molecule has 0 N–H and O–H groups in total. The maximum absolute atomic E-state index is 12.7. The lowest BCUT2D eigenvalue weighted by Crippen LogP contribution is -2.08. The highest BCUT2D eigenvalue weighted by atomic mass is 16.6. The molecule has 3 aromatic rings. The van der Waals surface area contributed by atoms with Gasteiger partial charge in [0.2, 0.25) is 0 Å². The van der Waals surface area contributed by atoms with Gasteiger partial charge in [-0.05, 0) is 79.1 Å². The van der Waals surface area contributed by atoms with Gasteiger partial charge in [-0.25, -0.2) is 4.79 Å². The van der Waals surface area contributed by atoms with Crippen LogP contribution in [0.4, 0.5) is 5.69 Å². The number of allylic oxidation sites excluding steroid dienone is 1. The Labute approximate surface area is 257 Å². The SMILES string of the molecule is CCCCCC/C=C/CCOc1ccc(C(=O)Oc2ccc(-c3ccc([C@@H](C)CCCCCC)c([N+](=O)[O-])c3)cc2)cc1. The Morgan fingerprint density at radius 3 is 2.09 bits per heavy atom. The van der Waals surface area contributed by atoms with Gasteiger partial charge in [0.15, 0.2) is 0 Å². The Hall–Kier alpha value is -3.93. The predicted octanol–water partition coefficient (Wildman–Crippen LogP) is 10.9. The third-order valence-corrected chi connectivity index (χ3v) is 7.68. The molecule has 0 unspecified atom stereocenters. The first-order chi connectivity index (χ1) is 20.9. The number of ether oxygens (including phenoxy) is 2. The summed E-state index contributed by atoms with van der Waals surface area (Å²) in [4.78, 5) is 24.3. The third kappa shape index (κ3) is 11.3. The van der Waals surface area contributed by atoms with Gasteiger partial charge in [0, 0.05) is 11.6 Å². The van der Waals surface area contributed by atoms with E-state index < -0.39 is 5.97 Å². The van der Waals surface area contributed by atoms with Gasteiger partial charge in [-0.3, -0.25) is 10.1 Å². The quantitative estimate of drug-likeness (QED) is 0.0349. The van der Waals surface area contributed by atoms with Gasteiger partial charge >= 0.3 is 5.97 Å². The fraction of sp³-hybridized carbons (Fsp3) is 0.432. The van der Waals surface area contributed by atoms with Gasteiger partial charge in [-0.2, -0.15) is 0 Å². The van der Waals surface area contributed by atoms with E-state index in [0.717, 1.165) is 48.8 Å². The fourth-order valence-corrected chi connectivity index (χ4v) is 5.07. The summed E-state index contributed by atoms with van der Waals surface area (Å²) in [6, 6.07) is 19.4. The van der Waals surface area contributed by atoms with Crippen LogP contribution in [-0.2, 0) is 0 Å². The summed E-state index contributed by atoms with van der Waals surface area (Å²) >= 11 is 0. The monoisotopic (exact) mass is 585 g/mol. The largest absolute Gasteiger partial charge is 0.493 e. The van der Waals surface area contributed by atoms with E-state index in [-0.39, 0.29) is 16.5 Å². The molecule has 6 heteroatoms. The number of unbranched alkanes of at least 4 members (excludes halogenated alkanes) is 7. The summed E-state index contributed by atoms with van der Waals surface area (Å²) in [5.41, 5.74) is 2.93. The lowest BCUT2D eigenvalue weighted by Gasteiger charge is -2.13. The van der Waals surface area contributed by atoms with Crippen LogP contribution in [0.5, 0.6) is 11.5 Å². The first-order valence-electron chi connectivity index (χ1n) is 15.9. The van der Waals surface area contributed by atoms with Crippen molar-refractivity contribution in [3.05, 3.63) is 100 Å². The van der Waals surface area contributed by atoms with Crippen LogP contribution in [0, 0.1) is 10.1 Å². The number of hydrogen-bond donors (Lipinski definition) is 0. The molecule has 3 aromatic carbocycles. The number of hydrogen-bond acceptors (Lipinski definition) is 5. The van der Waals surface area contributed by atoms with Gasteiger partial charge in [-0.1, -0.05) is 102 Å². The molecule has 0 aromatic heterocycles. The summed E-state index contributed by atoms with van der Waals surface area (Å²) in [6.45, 7) is 7.05. The van der Waals surface area contributed by atoms with Crippen LogP contribution >= 0.6 is 0 Å². The number of rotatable bonds is 19. The standard InChI is InChI=1S/C37H47NO5/c1-4-6-8-10-11-12-13-15-27-42-33-22-19-31(20-23-33)37(39)43-34-24-17-30(18-25-34)32-21-26-35(36(28-32)38(40)41)29(3)16-14-9-7-5-2/h12-13,17-26,28-29H,4-11,14-16,27H2,1-3H3/b13-12+/t29-/m0/s1. The van der Waals surface area contributed by atoms with Crippen LogP contribution in [0.2, 0.25) is 0 Å². The van der Waals surface area contributed by atoms with Gasteiger partial charge in [0.25, 0.3) is 5.69 Å². The van der Waals surface area contributed by atoms with Crippen LogP contribution in [-0.4, -0.2) is 17.5 Å². The minimum atomic E-state index is -0.460. The molecule has 0 fully saturated rings. The van der Waals surface area contributed by atoms with Crippen LogP contribution in [0.1, 0.15) is 113 Å². The molecule has 3 rings (SSSR count). The third-order valence-electron chi connectivity index (χ3n) is 7.68. The number of benzene rings is 3. The lowest BCUT2D eigenvalue weighted by molar-refractivity contribution is -0.385. The summed E-state index contributed by atoms with van der Waals surface area (Å²) in [5, 5.41) is 11.9. The molecular formula is C37H47NO5. The number of carbonyl (C=O) groups excluding carboxylic acids is 1.